The van der Waals surface area contributed by atoms with Crippen LogP contribution < -0.4 is 10.5 Å². The Hall–Kier alpha value is -1.87. The lowest BCUT2D eigenvalue weighted by atomic mass is 10.0. The molecule has 0 bridgehead atoms. The highest BCUT2D eigenvalue weighted by molar-refractivity contribution is 5.29. The largest absolute Gasteiger partial charge is 0.482 e. The molecule has 0 fully saturated rings. The second-order valence-corrected chi connectivity index (χ2v) is 5.59. The normalized spacial score (nSPS) is 14.0. The molecule has 0 radical (unpaired) electrons. The van der Waals surface area contributed by atoms with Gasteiger partial charge in [0.2, 0.25) is 0 Å². The molecule has 0 saturated heterocycles. The number of nitrogens with zero attached hydrogens (tertiary/aromatic N) is 1. The maximum atomic E-state index is 6.21. The monoisotopic (exact) mass is 284 g/mol. The van der Waals surface area contributed by atoms with Gasteiger partial charge in [0.05, 0.1) is 5.69 Å². The number of benzene rings is 1. The van der Waals surface area contributed by atoms with Crippen LogP contribution in [0.3, 0.4) is 0 Å². The summed E-state index contributed by atoms with van der Waals surface area (Å²) < 4.78 is 6.10. The van der Waals surface area contributed by atoms with Gasteiger partial charge in [0, 0.05) is 12.2 Å². The second kappa shape index (κ2) is 7.23. The summed E-state index contributed by atoms with van der Waals surface area (Å²) in [6.45, 7) is 6.42. The van der Waals surface area contributed by atoms with Crippen LogP contribution in [0.4, 0.5) is 0 Å². The van der Waals surface area contributed by atoms with Gasteiger partial charge in [-0.1, -0.05) is 39.0 Å². The minimum atomic E-state index is -0.221. The molecule has 3 nitrogen and oxygen atoms in total. The molecule has 1 aromatic carbocycles. The predicted molar refractivity (Wildman–Crippen MR) is 86.4 cm³/mol. The van der Waals surface area contributed by atoms with E-state index in [2.05, 4.69) is 37.9 Å². The Balaban J connectivity index is 2.19. The van der Waals surface area contributed by atoms with Crippen molar-refractivity contribution in [1.82, 2.24) is 4.98 Å². The number of hydrogen-bond acceptors (Lipinski definition) is 3. The SMILES string of the molecule is CCC(N)C(Oc1ccc(C(C)C)cc1)c1ccccn1. The number of hydrogen-bond donors (Lipinski definition) is 1. The summed E-state index contributed by atoms with van der Waals surface area (Å²) in [5.74, 6) is 1.35. The fraction of sp³-hybridized carbons (Fsp3) is 0.389. The van der Waals surface area contributed by atoms with Crippen molar-refractivity contribution in [1.29, 1.82) is 0 Å². The van der Waals surface area contributed by atoms with E-state index in [1.165, 1.54) is 5.56 Å². The summed E-state index contributed by atoms with van der Waals surface area (Å²) in [6, 6.07) is 14.0. The van der Waals surface area contributed by atoms with Crippen molar-refractivity contribution in [2.24, 2.45) is 5.73 Å². The number of nitrogens with two attached hydrogens (primary N) is 1. The third kappa shape index (κ3) is 4.05. The summed E-state index contributed by atoms with van der Waals surface area (Å²) in [6.07, 6.45) is 2.39. The van der Waals surface area contributed by atoms with Crippen LogP contribution in [-0.2, 0) is 0 Å². The van der Waals surface area contributed by atoms with E-state index in [4.69, 9.17) is 10.5 Å². The molecule has 21 heavy (non-hydrogen) atoms. The third-order valence-corrected chi connectivity index (χ3v) is 3.65. The zero-order chi connectivity index (χ0) is 15.2. The van der Waals surface area contributed by atoms with Gasteiger partial charge in [0.1, 0.15) is 5.75 Å². The maximum absolute atomic E-state index is 6.21. The van der Waals surface area contributed by atoms with Gasteiger partial charge < -0.3 is 10.5 Å². The zero-order valence-corrected chi connectivity index (χ0v) is 13.0. The van der Waals surface area contributed by atoms with E-state index in [1.54, 1.807) is 6.20 Å². The predicted octanol–water partition coefficient (Wildman–Crippen LogP) is 4.06. The van der Waals surface area contributed by atoms with Crippen molar-refractivity contribution in [3.63, 3.8) is 0 Å². The summed E-state index contributed by atoms with van der Waals surface area (Å²) in [5.41, 5.74) is 8.39. The molecule has 2 aromatic rings. The molecule has 3 heteroatoms. The summed E-state index contributed by atoms with van der Waals surface area (Å²) in [7, 11) is 0. The Bertz CT molecular complexity index is 537. The Morgan fingerprint density at radius 3 is 2.33 bits per heavy atom. The molecule has 0 saturated carbocycles. The second-order valence-electron chi connectivity index (χ2n) is 5.59. The van der Waals surface area contributed by atoms with Crippen LogP contribution in [0.1, 0.15) is 50.5 Å². The van der Waals surface area contributed by atoms with Crippen molar-refractivity contribution < 1.29 is 4.74 Å². The van der Waals surface area contributed by atoms with Crippen LogP contribution in [0.15, 0.2) is 48.7 Å². The van der Waals surface area contributed by atoms with Crippen molar-refractivity contribution in [2.75, 3.05) is 0 Å². The lowest BCUT2D eigenvalue weighted by Gasteiger charge is -2.24. The van der Waals surface area contributed by atoms with E-state index in [1.807, 2.05) is 30.3 Å². The zero-order valence-electron chi connectivity index (χ0n) is 13.0. The van der Waals surface area contributed by atoms with Crippen molar-refractivity contribution in [3.8, 4) is 5.75 Å². The highest BCUT2D eigenvalue weighted by Gasteiger charge is 2.21. The smallest absolute Gasteiger partial charge is 0.155 e. The molecule has 0 amide bonds. The third-order valence-electron chi connectivity index (χ3n) is 3.65. The standard InChI is InChI=1S/C18H24N2O/c1-4-16(19)18(17-7-5-6-12-20-17)21-15-10-8-14(9-11-15)13(2)3/h5-13,16,18H,4,19H2,1-3H3. The summed E-state index contributed by atoms with van der Waals surface area (Å²) in [5, 5.41) is 0. The van der Waals surface area contributed by atoms with Crippen LogP contribution in [0.2, 0.25) is 0 Å². The molecule has 0 aliphatic heterocycles. The Kier molecular flexibility index (Phi) is 5.34. The molecule has 1 heterocycles. The molecule has 2 rings (SSSR count). The molecule has 1 aromatic heterocycles. The van der Waals surface area contributed by atoms with Gasteiger partial charge in [-0.2, -0.15) is 0 Å². The summed E-state index contributed by atoms with van der Waals surface area (Å²) in [4.78, 5) is 4.39. The van der Waals surface area contributed by atoms with Gasteiger partial charge in [-0.05, 0) is 42.2 Å². The minimum absolute atomic E-state index is 0.0790. The molecule has 2 unspecified atom stereocenters. The van der Waals surface area contributed by atoms with E-state index in [0.717, 1.165) is 17.9 Å². The Labute approximate surface area is 127 Å². The lowest BCUT2D eigenvalue weighted by Crippen LogP contribution is -2.32. The molecular weight excluding hydrogens is 260 g/mol. The van der Waals surface area contributed by atoms with E-state index in [-0.39, 0.29) is 12.1 Å². The average molecular weight is 284 g/mol. The van der Waals surface area contributed by atoms with Crippen LogP contribution >= 0.6 is 0 Å². The number of rotatable bonds is 6. The molecule has 2 N–H and O–H groups in total. The Morgan fingerprint density at radius 2 is 1.81 bits per heavy atom. The fourth-order valence-corrected chi connectivity index (χ4v) is 2.20. The van der Waals surface area contributed by atoms with Gasteiger partial charge in [-0.25, -0.2) is 0 Å². The summed E-state index contributed by atoms with van der Waals surface area (Å²) >= 11 is 0. The van der Waals surface area contributed by atoms with Gasteiger partial charge in [-0.3, -0.25) is 4.98 Å². The van der Waals surface area contributed by atoms with Crippen LogP contribution in [-0.4, -0.2) is 11.0 Å². The first kappa shape index (κ1) is 15.5. The average Bonchev–Trinajstić information content (AvgIpc) is 2.53. The molecule has 0 aliphatic carbocycles. The molecule has 0 spiro atoms. The van der Waals surface area contributed by atoms with Gasteiger partial charge in [0.15, 0.2) is 6.10 Å². The fourth-order valence-electron chi connectivity index (χ4n) is 2.20. The number of aromatic nitrogens is 1. The first-order valence-electron chi connectivity index (χ1n) is 7.55. The van der Waals surface area contributed by atoms with Crippen molar-refractivity contribution >= 4 is 0 Å². The first-order chi connectivity index (χ1) is 10.1. The van der Waals surface area contributed by atoms with Gasteiger partial charge >= 0.3 is 0 Å². The first-order valence-corrected chi connectivity index (χ1v) is 7.55. The van der Waals surface area contributed by atoms with Crippen LogP contribution in [0.5, 0.6) is 5.75 Å². The van der Waals surface area contributed by atoms with E-state index >= 15 is 0 Å². The molecule has 0 aliphatic rings. The number of ether oxygens (including phenoxy) is 1. The van der Waals surface area contributed by atoms with Gasteiger partial charge in [0.25, 0.3) is 0 Å². The molecule has 2 atom stereocenters. The van der Waals surface area contributed by atoms with Crippen LogP contribution in [0.25, 0.3) is 0 Å². The Morgan fingerprint density at radius 1 is 1.10 bits per heavy atom. The highest BCUT2D eigenvalue weighted by Crippen LogP contribution is 2.25. The van der Waals surface area contributed by atoms with E-state index < -0.39 is 0 Å². The quantitative estimate of drug-likeness (QED) is 0.870. The topological polar surface area (TPSA) is 48.1 Å². The minimum Gasteiger partial charge on any atom is -0.482 e. The molecule has 112 valence electrons. The maximum Gasteiger partial charge on any atom is 0.155 e. The number of pyridine rings is 1. The van der Waals surface area contributed by atoms with Crippen molar-refractivity contribution in [3.05, 3.63) is 59.9 Å². The van der Waals surface area contributed by atoms with E-state index in [0.29, 0.717) is 5.92 Å². The lowest BCUT2D eigenvalue weighted by molar-refractivity contribution is 0.166. The highest BCUT2D eigenvalue weighted by atomic mass is 16.5. The van der Waals surface area contributed by atoms with E-state index in [9.17, 15) is 0 Å². The van der Waals surface area contributed by atoms with Gasteiger partial charge in [-0.15, -0.1) is 0 Å². The van der Waals surface area contributed by atoms with Crippen molar-refractivity contribution in [2.45, 2.75) is 45.3 Å². The van der Waals surface area contributed by atoms with Crippen LogP contribution in [0, 0.1) is 0 Å². The molecular formula is C18H24N2O.